The summed E-state index contributed by atoms with van der Waals surface area (Å²) in [6.45, 7) is -0.0517. The Morgan fingerprint density at radius 3 is 2.70 bits per heavy atom. The third-order valence-corrected chi connectivity index (χ3v) is 4.60. The summed E-state index contributed by atoms with van der Waals surface area (Å²) in [4.78, 5) is 20.8. The highest BCUT2D eigenvalue weighted by atomic mass is 32.2. The van der Waals surface area contributed by atoms with Crippen molar-refractivity contribution in [3.05, 3.63) is 34.1 Å². The van der Waals surface area contributed by atoms with Crippen molar-refractivity contribution in [3.8, 4) is 0 Å². The van der Waals surface area contributed by atoms with Gasteiger partial charge in [0.05, 0.1) is 17.5 Å². The zero-order chi connectivity index (χ0) is 14.9. The quantitative estimate of drug-likeness (QED) is 0.614. The van der Waals surface area contributed by atoms with Crippen LogP contribution in [0.1, 0.15) is 0 Å². The highest BCUT2D eigenvalue weighted by Gasteiger charge is 2.36. The van der Waals surface area contributed by atoms with E-state index < -0.39 is 37.3 Å². The van der Waals surface area contributed by atoms with Gasteiger partial charge in [-0.2, -0.15) is 0 Å². The number of carbonyl (C=O) groups excluding carboxylic acids is 1. The lowest BCUT2D eigenvalue weighted by molar-refractivity contribution is -0.388. The maximum absolute atomic E-state index is 13.0. The molecule has 1 aliphatic rings. The summed E-state index contributed by atoms with van der Waals surface area (Å²) in [6.07, 6.45) is 0. The first-order valence-corrected chi connectivity index (χ1v) is 6.98. The van der Waals surface area contributed by atoms with Crippen LogP contribution >= 0.6 is 0 Å². The Hall–Kier alpha value is -2.07. The molecule has 0 unspecified atom stereocenters. The number of hydrogen-bond donors (Lipinski definition) is 1. The van der Waals surface area contributed by atoms with Gasteiger partial charge >= 0.3 is 0 Å². The van der Waals surface area contributed by atoms with Crippen LogP contribution in [0.5, 0.6) is 0 Å². The zero-order valence-electron chi connectivity index (χ0n) is 10.1. The van der Waals surface area contributed by atoms with Crippen molar-refractivity contribution in [3.63, 3.8) is 0 Å². The number of sulfonamides is 1. The van der Waals surface area contributed by atoms with E-state index in [-0.39, 0.29) is 19.6 Å². The standard InChI is InChI=1S/C10H10FN3O5S/c11-7-1-2-9(8(5-7)14(16)17)20(18,19)13-4-3-12-6-10(13)15/h1-2,5,12H,3-4,6H2. The van der Waals surface area contributed by atoms with Crippen molar-refractivity contribution in [2.45, 2.75) is 4.90 Å². The summed E-state index contributed by atoms with van der Waals surface area (Å²) in [5, 5.41) is 13.5. The molecule has 0 atom stereocenters. The van der Waals surface area contributed by atoms with Gasteiger partial charge in [-0.25, -0.2) is 17.1 Å². The molecule has 8 nitrogen and oxygen atoms in total. The molecular formula is C10H10FN3O5S. The number of carbonyl (C=O) groups is 1. The van der Waals surface area contributed by atoms with Gasteiger partial charge in [-0.1, -0.05) is 0 Å². The molecule has 1 amide bonds. The van der Waals surface area contributed by atoms with Gasteiger partial charge in [0, 0.05) is 13.1 Å². The molecular weight excluding hydrogens is 293 g/mol. The van der Waals surface area contributed by atoms with Gasteiger partial charge in [0.2, 0.25) is 5.91 Å². The SMILES string of the molecule is O=C1CNCCN1S(=O)(=O)c1ccc(F)cc1[N+](=O)[O-]. The fourth-order valence-electron chi connectivity index (χ4n) is 1.81. The minimum Gasteiger partial charge on any atom is -0.307 e. The third kappa shape index (κ3) is 2.47. The Bertz CT molecular complexity index is 675. The second-order valence-electron chi connectivity index (χ2n) is 4.02. The van der Waals surface area contributed by atoms with Crippen LogP contribution in [0.15, 0.2) is 23.1 Å². The fourth-order valence-corrected chi connectivity index (χ4v) is 3.35. The molecule has 1 fully saturated rings. The van der Waals surface area contributed by atoms with E-state index in [9.17, 15) is 27.7 Å². The maximum atomic E-state index is 13.0. The van der Waals surface area contributed by atoms with Crippen LogP contribution in [0, 0.1) is 15.9 Å². The Morgan fingerprint density at radius 2 is 2.10 bits per heavy atom. The lowest BCUT2D eigenvalue weighted by atomic mass is 10.3. The number of rotatable bonds is 3. The van der Waals surface area contributed by atoms with Crippen molar-refractivity contribution >= 4 is 21.6 Å². The van der Waals surface area contributed by atoms with Gasteiger partial charge in [0.25, 0.3) is 15.7 Å². The van der Waals surface area contributed by atoms with Gasteiger partial charge < -0.3 is 5.32 Å². The Balaban J connectivity index is 2.54. The average molecular weight is 303 g/mol. The molecule has 1 aliphatic heterocycles. The number of nitrogens with zero attached hydrogens (tertiary/aromatic N) is 2. The van der Waals surface area contributed by atoms with Gasteiger partial charge in [-0.05, 0) is 12.1 Å². The minimum atomic E-state index is -4.37. The number of nitrogens with one attached hydrogen (secondary N) is 1. The molecule has 0 aromatic heterocycles. The topological polar surface area (TPSA) is 110 Å². The van der Waals surface area contributed by atoms with Crippen LogP contribution in [-0.4, -0.2) is 43.2 Å². The molecule has 10 heteroatoms. The lowest BCUT2D eigenvalue weighted by Crippen LogP contribution is -2.50. The fraction of sp³-hybridized carbons (Fsp3) is 0.300. The molecule has 1 heterocycles. The van der Waals surface area contributed by atoms with E-state index in [2.05, 4.69) is 5.32 Å². The molecule has 2 rings (SSSR count). The van der Waals surface area contributed by atoms with Crippen molar-refractivity contribution < 1.29 is 22.5 Å². The normalized spacial score (nSPS) is 16.2. The van der Waals surface area contributed by atoms with Crippen LogP contribution in [0.3, 0.4) is 0 Å². The van der Waals surface area contributed by atoms with Gasteiger partial charge in [0.15, 0.2) is 4.90 Å². The first-order chi connectivity index (χ1) is 9.34. The summed E-state index contributed by atoms with van der Waals surface area (Å²) < 4.78 is 38.2. The summed E-state index contributed by atoms with van der Waals surface area (Å²) in [7, 11) is -4.37. The molecule has 0 radical (unpaired) electrons. The van der Waals surface area contributed by atoms with Crippen LogP contribution in [-0.2, 0) is 14.8 Å². The summed E-state index contributed by atoms with van der Waals surface area (Å²) >= 11 is 0. The predicted molar refractivity (Wildman–Crippen MR) is 64.8 cm³/mol. The van der Waals surface area contributed by atoms with Crippen LogP contribution in [0.2, 0.25) is 0 Å². The molecule has 1 N–H and O–H groups in total. The number of amides is 1. The predicted octanol–water partition coefficient (Wildman–Crippen LogP) is -0.146. The largest absolute Gasteiger partial charge is 0.307 e. The van der Waals surface area contributed by atoms with E-state index in [4.69, 9.17) is 0 Å². The second kappa shape index (κ2) is 5.13. The molecule has 0 aliphatic carbocycles. The summed E-state index contributed by atoms with van der Waals surface area (Å²) in [5.41, 5.74) is -0.892. The molecule has 108 valence electrons. The first kappa shape index (κ1) is 14.3. The molecule has 20 heavy (non-hydrogen) atoms. The van der Waals surface area contributed by atoms with Crippen molar-refractivity contribution in [2.75, 3.05) is 19.6 Å². The highest BCUT2D eigenvalue weighted by molar-refractivity contribution is 7.89. The van der Waals surface area contributed by atoms with Gasteiger partial charge in [-0.3, -0.25) is 14.9 Å². The lowest BCUT2D eigenvalue weighted by Gasteiger charge is -2.26. The van der Waals surface area contributed by atoms with Crippen LogP contribution in [0.4, 0.5) is 10.1 Å². The van der Waals surface area contributed by atoms with Crippen LogP contribution in [0.25, 0.3) is 0 Å². The van der Waals surface area contributed by atoms with E-state index in [1.807, 2.05) is 0 Å². The van der Waals surface area contributed by atoms with E-state index in [0.29, 0.717) is 10.4 Å². The van der Waals surface area contributed by atoms with Gasteiger partial charge in [0.1, 0.15) is 5.82 Å². The number of nitro groups is 1. The maximum Gasteiger partial charge on any atom is 0.292 e. The summed E-state index contributed by atoms with van der Waals surface area (Å²) in [6, 6.07) is 2.10. The molecule has 0 saturated carbocycles. The molecule has 0 bridgehead atoms. The number of hydrogen-bond acceptors (Lipinski definition) is 6. The van der Waals surface area contributed by atoms with Crippen LogP contribution < -0.4 is 5.32 Å². The third-order valence-electron chi connectivity index (χ3n) is 2.73. The average Bonchev–Trinajstić information content (AvgIpc) is 2.38. The molecule has 1 aromatic rings. The van der Waals surface area contributed by atoms with Crippen molar-refractivity contribution in [2.24, 2.45) is 0 Å². The highest BCUT2D eigenvalue weighted by Crippen LogP contribution is 2.27. The summed E-state index contributed by atoms with van der Waals surface area (Å²) in [5.74, 6) is -1.64. The van der Waals surface area contributed by atoms with Crippen molar-refractivity contribution in [1.82, 2.24) is 9.62 Å². The number of piperazine rings is 1. The van der Waals surface area contributed by atoms with E-state index in [0.717, 1.165) is 12.1 Å². The number of halogens is 1. The first-order valence-electron chi connectivity index (χ1n) is 5.54. The van der Waals surface area contributed by atoms with E-state index in [1.165, 1.54) is 0 Å². The molecule has 0 spiro atoms. The molecule has 1 saturated heterocycles. The Morgan fingerprint density at radius 1 is 1.40 bits per heavy atom. The molecule has 1 aromatic carbocycles. The zero-order valence-corrected chi connectivity index (χ0v) is 10.9. The monoisotopic (exact) mass is 303 g/mol. The van der Waals surface area contributed by atoms with Crippen molar-refractivity contribution in [1.29, 1.82) is 0 Å². The second-order valence-corrected chi connectivity index (χ2v) is 5.85. The number of benzene rings is 1. The Kier molecular flexibility index (Phi) is 3.68. The van der Waals surface area contributed by atoms with Gasteiger partial charge in [-0.15, -0.1) is 0 Å². The Labute approximate surface area is 113 Å². The smallest absolute Gasteiger partial charge is 0.292 e. The van der Waals surface area contributed by atoms with E-state index in [1.54, 1.807) is 0 Å². The van der Waals surface area contributed by atoms with E-state index >= 15 is 0 Å². The minimum absolute atomic E-state index is 0.129. The number of nitro benzene ring substituents is 1.